The van der Waals surface area contributed by atoms with E-state index in [9.17, 15) is 13.2 Å². The lowest BCUT2D eigenvalue weighted by Crippen LogP contribution is -2.34. The average Bonchev–Trinajstić information content (AvgIpc) is 3.09. The molecular formula is C16H20N2O3S. The SMILES string of the molecule is NS(=O)(=O)c1ccc(CCNC(=O)C2CC3C=CC2C3)cc1. The third-order valence-corrected chi connectivity index (χ3v) is 5.51. The summed E-state index contributed by atoms with van der Waals surface area (Å²) in [5.74, 6) is 1.27. The average molecular weight is 320 g/mol. The van der Waals surface area contributed by atoms with Crippen molar-refractivity contribution in [3.63, 3.8) is 0 Å². The zero-order valence-corrected chi connectivity index (χ0v) is 13.1. The Bertz CT molecular complexity index is 695. The van der Waals surface area contributed by atoms with Crippen molar-refractivity contribution >= 4 is 15.9 Å². The van der Waals surface area contributed by atoms with Crippen LogP contribution in [0.5, 0.6) is 0 Å². The summed E-state index contributed by atoms with van der Waals surface area (Å²) in [6.45, 7) is 0.561. The maximum atomic E-state index is 12.2. The van der Waals surface area contributed by atoms with Gasteiger partial charge in [0.15, 0.2) is 0 Å². The van der Waals surface area contributed by atoms with Crippen LogP contribution >= 0.6 is 0 Å². The van der Waals surface area contributed by atoms with Crippen molar-refractivity contribution in [2.45, 2.75) is 24.2 Å². The van der Waals surface area contributed by atoms with Crippen molar-refractivity contribution in [2.24, 2.45) is 22.9 Å². The predicted octanol–water partition coefficient (Wildman–Crippen LogP) is 1.20. The number of carbonyl (C=O) groups is 1. The molecule has 3 rings (SSSR count). The van der Waals surface area contributed by atoms with E-state index in [-0.39, 0.29) is 16.7 Å². The highest BCUT2D eigenvalue weighted by atomic mass is 32.2. The number of carbonyl (C=O) groups excluding carboxylic acids is 1. The van der Waals surface area contributed by atoms with Crippen LogP contribution < -0.4 is 10.5 Å². The largest absolute Gasteiger partial charge is 0.356 e. The van der Waals surface area contributed by atoms with Gasteiger partial charge in [0, 0.05) is 12.5 Å². The van der Waals surface area contributed by atoms with Gasteiger partial charge in [0.05, 0.1) is 4.90 Å². The zero-order chi connectivity index (χ0) is 15.7. The zero-order valence-electron chi connectivity index (χ0n) is 12.2. The first-order valence-electron chi connectivity index (χ1n) is 7.51. The predicted molar refractivity (Wildman–Crippen MR) is 83.4 cm³/mol. The van der Waals surface area contributed by atoms with Gasteiger partial charge < -0.3 is 5.32 Å². The lowest BCUT2D eigenvalue weighted by Gasteiger charge is -2.17. The molecule has 5 nitrogen and oxygen atoms in total. The molecule has 0 spiro atoms. The molecule has 3 unspecified atom stereocenters. The molecule has 0 saturated heterocycles. The summed E-state index contributed by atoms with van der Waals surface area (Å²) in [5.41, 5.74) is 0.973. The monoisotopic (exact) mass is 320 g/mol. The van der Waals surface area contributed by atoms with Crippen molar-refractivity contribution in [2.75, 3.05) is 6.54 Å². The quantitative estimate of drug-likeness (QED) is 0.799. The van der Waals surface area contributed by atoms with Crippen LogP contribution in [0.15, 0.2) is 41.3 Å². The van der Waals surface area contributed by atoms with Gasteiger partial charge >= 0.3 is 0 Å². The third-order valence-electron chi connectivity index (χ3n) is 4.58. The number of hydrogen-bond donors (Lipinski definition) is 2. The molecule has 118 valence electrons. The summed E-state index contributed by atoms with van der Waals surface area (Å²) in [6, 6.07) is 6.44. The van der Waals surface area contributed by atoms with Gasteiger partial charge in [0.25, 0.3) is 0 Å². The summed E-state index contributed by atoms with van der Waals surface area (Å²) in [4.78, 5) is 12.3. The first-order chi connectivity index (χ1) is 10.4. The highest BCUT2D eigenvalue weighted by Gasteiger charge is 2.39. The minimum atomic E-state index is -3.65. The van der Waals surface area contributed by atoms with Gasteiger partial charge in [-0.05, 0) is 48.8 Å². The van der Waals surface area contributed by atoms with Crippen molar-refractivity contribution in [1.82, 2.24) is 5.32 Å². The van der Waals surface area contributed by atoms with Crippen molar-refractivity contribution in [3.05, 3.63) is 42.0 Å². The molecule has 6 heteroatoms. The maximum Gasteiger partial charge on any atom is 0.238 e. The Morgan fingerprint density at radius 3 is 2.45 bits per heavy atom. The van der Waals surface area contributed by atoms with Gasteiger partial charge in [0.1, 0.15) is 0 Å². The van der Waals surface area contributed by atoms with Gasteiger partial charge in [0.2, 0.25) is 15.9 Å². The molecular weight excluding hydrogens is 300 g/mol. The molecule has 1 amide bonds. The molecule has 1 aromatic carbocycles. The van der Waals surface area contributed by atoms with E-state index >= 15 is 0 Å². The first kappa shape index (κ1) is 15.2. The van der Waals surface area contributed by atoms with Crippen LogP contribution in [-0.4, -0.2) is 20.9 Å². The Hall–Kier alpha value is -1.66. The number of benzene rings is 1. The lowest BCUT2D eigenvalue weighted by atomic mass is 9.93. The van der Waals surface area contributed by atoms with E-state index in [1.54, 1.807) is 12.1 Å². The summed E-state index contributed by atoms with van der Waals surface area (Å²) < 4.78 is 22.3. The van der Waals surface area contributed by atoms with Crippen molar-refractivity contribution in [3.8, 4) is 0 Å². The number of fused-ring (bicyclic) bond motifs is 2. The molecule has 0 radical (unpaired) electrons. The molecule has 1 fully saturated rings. The van der Waals surface area contributed by atoms with Crippen LogP contribution in [0.1, 0.15) is 18.4 Å². The normalized spacial score (nSPS) is 26.3. The number of primary sulfonamides is 1. The van der Waals surface area contributed by atoms with E-state index in [0.29, 0.717) is 24.8 Å². The molecule has 3 atom stereocenters. The van der Waals surface area contributed by atoms with Crippen LogP contribution in [-0.2, 0) is 21.2 Å². The minimum absolute atomic E-state index is 0.106. The summed E-state index contributed by atoms with van der Waals surface area (Å²) in [6.07, 6.45) is 7.16. The minimum Gasteiger partial charge on any atom is -0.356 e. The van der Waals surface area contributed by atoms with E-state index in [4.69, 9.17) is 5.14 Å². The fraction of sp³-hybridized carbons (Fsp3) is 0.438. The third kappa shape index (κ3) is 3.23. The Labute approximate surface area is 130 Å². The van der Waals surface area contributed by atoms with Gasteiger partial charge in [-0.3, -0.25) is 4.79 Å². The van der Waals surface area contributed by atoms with E-state index in [2.05, 4.69) is 17.5 Å². The van der Waals surface area contributed by atoms with Crippen molar-refractivity contribution < 1.29 is 13.2 Å². The van der Waals surface area contributed by atoms with Crippen molar-refractivity contribution in [1.29, 1.82) is 0 Å². The molecule has 22 heavy (non-hydrogen) atoms. The van der Waals surface area contributed by atoms with Crippen LogP contribution in [0.4, 0.5) is 0 Å². The Kier molecular flexibility index (Phi) is 4.06. The number of hydrogen-bond acceptors (Lipinski definition) is 3. The van der Waals surface area contributed by atoms with Crippen LogP contribution in [0.2, 0.25) is 0 Å². The number of allylic oxidation sites excluding steroid dienone is 2. The Morgan fingerprint density at radius 2 is 1.91 bits per heavy atom. The number of rotatable bonds is 5. The summed E-state index contributed by atoms with van der Waals surface area (Å²) >= 11 is 0. The smallest absolute Gasteiger partial charge is 0.238 e. The number of sulfonamides is 1. The molecule has 0 aliphatic heterocycles. The van der Waals surface area contributed by atoms with Gasteiger partial charge in [-0.15, -0.1) is 0 Å². The Balaban J connectivity index is 1.49. The lowest BCUT2D eigenvalue weighted by molar-refractivity contribution is -0.125. The highest BCUT2D eigenvalue weighted by Crippen LogP contribution is 2.43. The second kappa shape index (κ2) is 5.85. The molecule has 0 heterocycles. The molecule has 2 bridgehead atoms. The van der Waals surface area contributed by atoms with Gasteiger partial charge in [-0.1, -0.05) is 24.3 Å². The summed E-state index contributed by atoms with van der Waals surface area (Å²) in [5, 5.41) is 8.04. The topological polar surface area (TPSA) is 89.3 Å². The van der Waals surface area contributed by atoms with Crippen LogP contribution in [0.3, 0.4) is 0 Å². The molecule has 2 aliphatic rings. The first-order valence-corrected chi connectivity index (χ1v) is 9.06. The molecule has 1 saturated carbocycles. The highest BCUT2D eigenvalue weighted by molar-refractivity contribution is 7.89. The van der Waals surface area contributed by atoms with Gasteiger partial charge in [-0.25, -0.2) is 13.6 Å². The fourth-order valence-corrected chi connectivity index (χ4v) is 3.90. The van der Waals surface area contributed by atoms with E-state index in [1.807, 2.05) is 0 Å². The number of amides is 1. The maximum absolute atomic E-state index is 12.2. The van der Waals surface area contributed by atoms with Crippen LogP contribution in [0, 0.1) is 17.8 Å². The number of nitrogens with two attached hydrogens (primary N) is 1. The fourth-order valence-electron chi connectivity index (χ4n) is 3.39. The molecule has 2 aliphatic carbocycles. The van der Waals surface area contributed by atoms with Gasteiger partial charge in [-0.2, -0.15) is 0 Å². The van der Waals surface area contributed by atoms with E-state index < -0.39 is 10.0 Å². The molecule has 0 aromatic heterocycles. The second-order valence-electron chi connectivity index (χ2n) is 6.12. The van der Waals surface area contributed by atoms with E-state index in [0.717, 1.165) is 18.4 Å². The molecule has 1 aromatic rings. The second-order valence-corrected chi connectivity index (χ2v) is 7.68. The standard InChI is InChI=1S/C16H20N2O3S/c17-22(20,21)14-5-2-11(3-6-14)7-8-18-16(19)15-10-12-1-4-13(15)9-12/h1-6,12-13,15H,7-10H2,(H,18,19)(H2,17,20,21). The summed E-state index contributed by atoms with van der Waals surface area (Å²) in [7, 11) is -3.65. The Morgan fingerprint density at radius 1 is 1.18 bits per heavy atom. The van der Waals surface area contributed by atoms with Crippen LogP contribution in [0.25, 0.3) is 0 Å². The van der Waals surface area contributed by atoms with E-state index in [1.165, 1.54) is 12.1 Å². The number of nitrogens with one attached hydrogen (secondary N) is 1. The molecule has 3 N–H and O–H groups in total.